The van der Waals surface area contributed by atoms with Crippen LogP contribution in [0.2, 0.25) is 0 Å². The Morgan fingerprint density at radius 2 is 1.96 bits per heavy atom. The summed E-state index contributed by atoms with van der Waals surface area (Å²) in [6, 6.07) is 9.97. The average molecular weight is 354 g/mol. The van der Waals surface area contributed by atoms with Gasteiger partial charge in [0, 0.05) is 12.7 Å². The van der Waals surface area contributed by atoms with Crippen molar-refractivity contribution in [1.29, 1.82) is 0 Å². The normalized spacial score (nSPS) is 11.5. The highest BCUT2D eigenvalue weighted by Gasteiger charge is 2.13. The fourth-order valence-corrected chi connectivity index (χ4v) is 2.60. The Labute approximate surface area is 144 Å². The van der Waals surface area contributed by atoms with Gasteiger partial charge in [0.2, 0.25) is 0 Å². The zero-order valence-electron chi connectivity index (χ0n) is 13.4. The molecule has 1 heterocycles. The molecule has 1 aromatic heterocycles. The molecule has 0 aliphatic rings. The molecular weight excluding hydrogens is 332 g/mol. The quantitative estimate of drug-likeness (QED) is 0.522. The van der Waals surface area contributed by atoms with E-state index in [0.717, 1.165) is 12.5 Å². The second-order valence-corrected chi connectivity index (χ2v) is 5.83. The van der Waals surface area contributed by atoms with Crippen LogP contribution in [0, 0.1) is 0 Å². The fourth-order valence-electron chi connectivity index (χ4n) is 1.72. The van der Waals surface area contributed by atoms with Crippen molar-refractivity contribution in [1.82, 2.24) is 14.8 Å². The van der Waals surface area contributed by atoms with Gasteiger partial charge in [-0.2, -0.15) is 0 Å². The highest BCUT2D eigenvalue weighted by Crippen LogP contribution is 2.19. The third-order valence-electron chi connectivity index (χ3n) is 2.78. The van der Waals surface area contributed by atoms with E-state index in [1.165, 1.54) is 11.8 Å². The molecule has 0 saturated heterocycles. The van der Waals surface area contributed by atoms with Gasteiger partial charge in [-0.25, -0.2) is 0 Å². The highest BCUT2D eigenvalue weighted by molar-refractivity contribution is 7.99. The number of carboxylic acids is 1. The molecule has 0 aliphatic carbocycles. The predicted molar refractivity (Wildman–Crippen MR) is 90.6 cm³/mol. The van der Waals surface area contributed by atoms with Crippen LogP contribution in [-0.2, 0) is 17.9 Å². The molecule has 0 unspecified atom stereocenters. The van der Waals surface area contributed by atoms with Crippen LogP contribution < -0.4 is 5.73 Å². The standard InChI is InChI=1S/C13H18N4O2S.C2H4O2/c14-6-12-15-16-13(20-9-11(19)8-18)17(12)7-10-4-2-1-3-5-10;1-2(3)4/h1-5,11,18-19H,6-9,14H2;1H3,(H,3,4)/t11-;/m0./s1. The molecule has 5 N–H and O–H groups in total. The monoisotopic (exact) mass is 354 g/mol. The van der Waals surface area contributed by atoms with Gasteiger partial charge < -0.3 is 25.6 Å². The summed E-state index contributed by atoms with van der Waals surface area (Å²) in [7, 11) is 0. The van der Waals surface area contributed by atoms with Crippen molar-refractivity contribution in [3.8, 4) is 0 Å². The largest absolute Gasteiger partial charge is 0.481 e. The molecule has 2 rings (SSSR count). The van der Waals surface area contributed by atoms with E-state index in [-0.39, 0.29) is 6.61 Å². The number of nitrogens with two attached hydrogens (primary N) is 1. The lowest BCUT2D eigenvalue weighted by Crippen LogP contribution is -2.16. The Morgan fingerprint density at radius 3 is 2.50 bits per heavy atom. The molecule has 2 aromatic rings. The molecule has 0 amide bonds. The summed E-state index contributed by atoms with van der Waals surface area (Å²) in [6.07, 6.45) is -0.761. The minimum Gasteiger partial charge on any atom is -0.481 e. The van der Waals surface area contributed by atoms with Gasteiger partial charge in [-0.15, -0.1) is 10.2 Å². The van der Waals surface area contributed by atoms with Crippen LogP contribution in [0.5, 0.6) is 0 Å². The maximum atomic E-state index is 9.41. The number of carboxylic acid groups (broad SMARTS) is 1. The first kappa shape index (κ1) is 20.1. The van der Waals surface area contributed by atoms with Crippen molar-refractivity contribution < 1.29 is 20.1 Å². The zero-order chi connectivity index (χ0) is 17.9. The number of aliphatic hydroxyl groups is 2. The number of aliphatic hydroxyl groups excluding tert-OH is 2. The van der Waals surface area contributed by atoms with E-state index in [4.69, 9.17) is 20.7 Å². The minimum absolute atomic E-state index is 0.260. The Hall–Kier alpha value is -1.94. The topological polar surface area (TPSA) is 134 Å². The first-order valence-electron chi connectivity index (χ1n) is 7.25. The van der Waals surface area contributed by atoms with Crippen LogP contribution in [-0.4, -0.2) is 54.5 Å². The second-order valence-electron chi connectivity index (χ2n) is 4.84. The number of aliphatic carboxylic acids is 1. The molecule has 0 spiro atoms. The first-order chi connectivity index (χ1) is 11.5. The maximum Gasteiger partial charge on any atom is 0.300 e. The fraction of sp³-hybridized carbons (Fsp3) is 0.400. The van der Waals surface area contributed by atoms with Crippen molar-refractivity contribution in [2.24, 2.45) is 5.73 Å². The second kappa shape index (κ2) is 10.8. The van der Waals surface area contributed by atoms with Gasteiger partial charge in [0.25, 0.3) is 5.97 Å². The van der Waals surface area contributed by atoms with Gasteiger partial charge in [-0.1, -0.05) is 42.1 Å². The summed E-state index contributed by atoms with van der Waals surface area (Å²) in [5.41, 5.74) is 6.81. The van der Waals surface area contributed by atoms with E-state index in [2.05, 4.69) is 10.2 Å². The molecule has 24 heavy (non-hydrogen) atoms. The van der Waals surface area contributed by atoms with Gasteiger partial charge in [-0.05, 0) is 5.56 Å². The van der Waals surface area contributed by atoms with E-state index >= 15 is 0 Å². The van der Waals surface area contributed by atoms with Crippen molar-refractivity contribution in [2.75, 3.05) is 12.4 Å². The van der Waals surface area contributed by atoms with Crippen LogP contribution in [0.3, 0.4) is 0 Å². The number of nitrogens with zero attached hydrogens (tertiary/aromatic N) is 3. The molecule has 0 bridgehead atoms. The highest BCUT2D eigenvalue weighted by atomic mass is 32.2. The Balaban J connectivity index is 0.000000648. The molecule has 8 nitrogen and oxygen atoms in total. The van der Waals surface area contributed by atoms with E-state index in [9.17, 15) is 5.11 Å². The average Bonchev–Trinajstić information content (AvgIpc) is 2.95. The smallest absolute Gasteiger partial charge is 0.300 e. The molecule has 1 atom stereocenters. The summed E-state index contributed by atoms with van der Waals surface area (Å²) in [5.74, 6) is 0.239. The Kier molecular flexibility index (Phi) is 9.02. The van der Waals surface area contributed by atoms with Crippen LogP contribution in [0.15, 0.2) is 35.5 Å². The van der Waals surface area contributed by atoms with Crippen molar-refractivity contribution in [3.05, 3.63) is 41.7 Å². The van der Waals surface area contributed by atoms with E-state index in [1.807, 2.05) is 34.9 Å². The van der Waals surface area contributed by atoms with Gasteiger partial charge >= 0.3 is 0 Å². The van der Waals surface area contributed by atoms with Crippen molar-refractivity contribution in [3.63, 3.8) is 0 Å². The molecule has 132 valence electrons. The zero-order valence-corrected chi connectivity index (χ0v) is 14.2. The molecule has 0 fully saturated rings. The molecular formula is C15H22N4O4S. The number of aromatic nitrogens is 3. The molecule has 0 aliphatic heterocycles. The van der Waals surface area contributed by atoms with Crippen LogP contribution >= 0.6 is 11.8 Å². The molecule has 9 heteroatoms. The van der Waals surface area contributed by atoms with Crippen molar-refractivity contribution >= 4 is 17.7 Å². The number of hydrogen-bond donors (Lipinski definition) is 4. The summed E-state index contributed by atoms with van der Waals surface area (Å²) in [5, 5.41) is 34.5. The SMILES string of the molecule is CC(=O)O.NCc1nnc(SC[C@@H](O)CO)n1Cc1ccccc1. The lowest BCUT2D eigenvalue weighted by molar-refractivity contribution is -0.134. The number of rotatable bonds is 7. The van der Waals surface area contributed by atoms with Gasteiger partial charge in [0.15, 0.2) is 5.16 Å². The summed E-state index contributed by atoms with van der Waals surface area (Å²) in [4.78, 5) is 9.00. The summed E-state index contributed by atoms with van der Waals surface area (Å²) in [6.45, 7) is 1.77. The lowest BCUT2D eigenvalue weighted by Gasteiger charge is -2.10. The predicted octanol–water partition coefficient (Wildman–Crippen LogP) is 0.321. The van der Waals surface area contributed by atoms with E-state index < -0.39 is 12.1 Å². The van der Waals surface area contributed by atoms with Crippen LogP contribution in [0.4, 0.5) is 0 Å². The Bertz CT molecular complexity index is 617. The van der Waals surface area contributed by atoms with E-state index in [0.29, 0.717) is 29.8 Å². The number of carbonyl (C=O) groups is 1. The van der Waals surface area contributed by atoms with Crippen LogP contribution in [0.25, 0.3) is 0 Å². The van der Waals surface area contributed by atoms with Crippen LogP contribution in [0.1, 0.15) is 18.3 Å². The third-order valence-corrected chi connectivity index (χ3v) is 3.89. The number of benzene rings is 1. The first-order valence-corrected chi connectivity index (χ1v) is 8.23. The summed E-state index contributed by atoms with van der Waals surface area (Å²) < 4.78 is 1.93. The number of hydrogen-bond acceptors (Lipinski definition) is 7. The van der Waals surface area contributed by atoms with Gasteiger partial charge in [-0.3, -0.25) is 4.79 Å². The lowest BCUT2D eigenvalue weighted by atomic mass is 10.2. The molecule has 1 aromatic carbocycles. The minimum atomic E-state index is -0.833. The molecule has 0 saturated carbocycles. The third kappa shape index (κ3) is 7.09. The molecule has 0 radical (unpaired) electrons. The van der Waals surface area contributed by atoms with E-state index in [1.54, 1.807) is 0 Å². The van der Waals surface area contributed by atoms with Crippen molar-refractivity contribution in [2.45, 2.75) is 31.3 Å². The van der Waals surface area contributed by atoms with Gasteiger partial charge in [0.05, 0.1) is 25.8 Å². The maximum absolute atomic E-state index is 9.41. The summed E-state index contributed by atoms with van der Waals surface area (Å²) >= 11 is 1.36. The Morgan fingerprint density at radius 1 is 1.33 bits per heavy atom. The number of thioether (sulfide) groups is 1. The van der Waals surface area contributed by atoms with Gasteiger partial charge in [0.1, 0.15) is 5.82 Å².